The zero-order valence-corrected chi connectivity index (χ0v) is 14.3. The quantitative estimate of drug-likeness (QED) is 0.540. The van der Waals surface area contributed by atoms with Crippen LogP contribution in [0.2, 0.25) is 0 Å². The number of carbonyl (C=O) groups excluding carboxylic acids is 2. The highest BCUT2D eigenvalue weighted by Crippen LogP contribution is 1.96. The SMILES string of the molecule is C1CCNCC1.CC(N)=O.COCCNC(=O)NCc1ncno1. The number of aromatic nitrogens is 2. The Morgan fingerprint density at radius 3 is 2.42 bits per heavy atom. The topological polar surface area (TPSA) is 144 Å². The molecule has 0 aromatic carbocycles. The molecule has 0 atom stereocenters. The summed E-state index contributed by atoms with van der Waals surface area (Å²) in [5.41, 5.74) is 4.47. The Hall–Kier alpha value is -2.20. The van der Waals surface area contributed by atoms with Gasteiger partial charge < -0.3 is 30.9 Å². The summed E-state index contributed by atoms with van der Waals surface area (Å²) in [5, 5.41) is 11.8. The van der Waals surface area contributed by atoms with Gasteiger partial charge in [0.2, 0.25) is 11.8 Å². The Morgan fingerprint density at radius 1 is 1.33 bits per heavy atom. The Balaban J connectivity index is 0.000000433. The number of hydrogen-bond donors (Lipinski definition) is 4. The highest BCUT2D eigenvalue weighted by atomic mass is 16.5. The zero-order chi connectivity index (χ0) is 18.0. The van der Waals surface area contributed by atoms with Crippen LogP contribution in [-0.2, 0) is 16.1 Å². The predicted octanol–water partition coefficient (Wildman–Crippen LogP) is -0.233. The predicted molar refractivity (Wildman–Crippen MR) is 88.0 cm³/mol. The number of nitrogens with zero attached hydrogens (tertiary/aromatic N) is 2. The molecule has 10 nitrogen and oxygen atoms in total. The van der Waals surface area contributed by atoms with Gasteiger partial charge in [0, 0.05) is 20.6 Å². The number of hydrogen-bond acceptors (Lipinski definition) is 7. The van der Waals surface area contributed by atoms with Crippen molar-refractivity contribution < 1.29 is 18.8 Å². The van der Waals surface area contributed by atoms with Gasteiger partial charge in [0.05, 0.1) is 13.2 Å². The zero-order valence-electron chi connectivity index (χ0n) is 14.3. The number of nitrogens with one attached hydrogen (secondary N) is 3. The molecular formula is C14H28N6O4. The van der Waals surface area contributed by atoms with Gasteiger partial charge in [0.1, 0.15) is 0 Å². The van der Waals surface area contributed by atoms with E-state index < -0.39 is 0 Å². The van der Waals surface area contributed by atoms with Gasteiger partial charge in [-0.3, -0.25) is 4.79 Å². The molecule has 0 spiro atoms. The van der Waals surface area contributed by atoms with E-state index in [1.54, 1.807) is 7.11 Å². The minimum Gasteiger partial charge on any atom is -0.383 e. The van der Waals surface area contributed by atoms with Crippen molar-refractivity contribution in [1.82, 2.24) is 26.1 Å². The largest absolute Gasteiger partial charge is 0.383 e. The molecule has 0 aliphatic carbocycles. The van der Waals surface area contributed by atoms with Crippen LogP contribution in [-0.4, -0.2) is 55.4 Å². The normalized spacial score (nSPS) is 12.8. The summed E-state index contributed by atoms with van der Waals surface area (Å²) in [6.07, 6.45) is 5.49. The summed E-state index contributed by atoms with van der Waals surface area (Å²) >= 11 is 0. The minimum atomic E-state index is -0.333. The molecular weight excluding hydrogens is 316 g/mol. The molecule has 24 heavy (non-hydrogen) atoms. The van der Waals surface area contributed by atoms with Crippen LogP contribution in [0.4, 0.5) is 4.79 Å². The molecule has 2 rings (SSSR count). The average molecular weight is 344 g/mol. The first-order chi connectivity index (χ1) is 11.6. The van der Waals surface area contributed by atoms with E-state index in [9.17, 15) is 9.59 Å². The summed E-state index contributed by atoms with van der Waals surface area (Å²) in [6, 6.07) is -0.291. The van der Waals surface area contributed by atoms with E-state index in [0.29, 0.717) is 19.0 Å². The van der Waals surface area contributed by atoms with Gasteiger partial charge >= 0.3 is 6.03 Å². The molecule has 5 N–H and O–H groups in total. The Kier molecular flexibility index (Phi) is 14.2. The van der Waals surface area contributed by atoms with Crippen molar-refractivity contribution in [1.29, 1.82) is 0 Å². The summed E-state index contributed by atoms with van der Waals surface area (Å²) in [4.78, 5) is 24.0. The van der Waals surface area contributed by atoms with Crippen LogP contribution < -0.4 is 21.7 Å². The van der Waals surface area contributed by atoms with Crippen molar-refractivity contribution in [3.63, 3.8) is 0 Å². The van der Waals surface area contributed by atoms with E-state index in [2.05, 4.69) is 36.3 Å². The molecule has 0 saturated carbocycles. The van der Waals surface area contributed by atoms with Gasteiger partial charge in [-0.05, 0) is 25.9 Å². The molecule has 1 saturated heterocycles. The third-order valence-electron chi connectivity index (χ3n) is 2.61. The fourth-order valence-electron chi connectivity index (χ4n) is 1.56. The molecule has 138 valence electrons. The van der Waals surface area contributed by atoms with Crippen LogP contribution in [0.25, 0.3) is 0 Å². The maximum Gasteiger partial charge on any atom is 0.315 e. The van der Waals surface area contributed by atoms with Gasteiger partial charge in [0.15, 0.2) is 6.33 Å². The van der Waals surface area contributed by atoms with Crippen LogP contribution in [0.3, 0.4) is 0 Å². The Morgan fingerprint density at radius 2 is 2.00 bits per heavy atom. The number of rotatable bonds is 5. The monoisotopic (exact) mass is 344 g/mol. The third kappa shape index (κ3) is 16.2. The van der Waals surface area contributed by atoms with Crippen molar-refractivity contribution in [3.8, 4) is 0 Å². The Labute approximate surface area is 141 Å². The summed E-state index contributed by atoms with van der Waals surface area (Å²) < 4.78 is 9.44. The summed E-state index contributed by atoms with van der Waals surface area (Å²) in [5.74, 6) is 0.0342. The molecule has 10 heteroatoms. The number of amides is 3. The van der Waals surface area contributed by atoms with Gasteiger partial charge in [-0.15, -0.1) is 0 Å². The molecule has 0 unspecified atom stereocenters. The highest BCUT2D eigenvalue weighted by molar-refractivity contribution is 5.73. The van der Waals surface area contributed by atoms with E-state index in [0.717, 1.165) is 0 Å². The van der Waals surface area contributed by atoms with Crippen molar-refractivity contribution >= 4 is 11.9 Å². The number of urea groups is 1. The van der Waals surface area contributed by atoms with Crippen LogP contribution in [0, 0.1) is 0 Å². The van der Waals surface area contributed by atoms with E-state index in [-0.39, 0.29) is 18.5 Å². The lowest BCUT2D eigenvalue weighted by Gasteiger charge is -2.08. The lowest BCUT2D eigenvalue weighted by Crippen LogP contribution is -2.36. The minimum absolute atomic E-state index is 0.221. The van der Waals surface area contributed by atoms with Gasteiger partial charge in [-0.2, -0.15) is 4.98 Å². The first kappa shape index (κ1) is 21.8. The molecule has 2 heterocycles. The lowest BCUT2D eigenvalue weighted by molar-refractivity contribution is -0.115. The molecule has 1 aromatic heterocycles. The first-order valence-corrected chi connectivity index (χ1v) is 7.79. The second-order valence-corrected chi connectivity index (χ2v) is 4.86. The van der Waals surface area contributed by atoms with Crippen LogP contribution >= 0.6 is 0 Å². The maximum absolute atomic E-state index is 11.0. The van der Waals surface area contributed by atoms with E-state index in [1.165, 1.54) is 45.6 Å². The standard InChI is InChI=1S/C7H12N4O3.C5H11N.C2H5NO/c1-13-3-2-8-7(12)9-4-6-10-5-11-14-6;1-2-4-6-5-3-1;1-2(3)4/h5H,2-4H2,1H3,(H2,8,9,12);6H,1-5H2;1H3,(H2,3,4). The van der Waals surface area contributed by atoms with Gasteiger partial charge in [-0.1, -0.05) is 11.6 Å². The molecule has 1 aliphatic rings. The second-order valence-electron chi connectivity index (χ2n) is 4.86. The molecule has 1 fully saturated rings. The highest BCUT2D eigenvalue weighted by Gasteiger charge is 2.02. The molecule has 0 radical (unpaired) electrons. The molecule has 3 amide bonds. The number of ether oxygens (including phenoxy) is 1. The number of carbonyl (C=O) groups is 2. The van der Waals surface area contributed by atoms with Crippen LogP contribution in [0.5, 0.6) is 0 Å². The smallest absolute Gasteiger partial charge is 0.315 e. The number of nitrogens with two attached hydrogens (primary N) is 1. The van der Waals surface area contributed by atoms with Crippen LogP contribution in [0.1, 0.15) is 32.1 Å². The van der Waals surface area contributed by atoms with E-state index in [1.807, 2.05) is 0 Å². The molecule has 1 aliphatic heterocycles. The first-order valence-electron chi connectivity index (χ1n) is 7.79. The fraction of sp³-hybridized carbons (Fsp3) is 0.714. The maximum atomic E-state index is 11.0. The molecule has 0 bridgehead atoms. The van der Waals surface area contributed by atoms with Crippen molar-refractivity contribution in [2.45, 2.75) is 32.7 Å². The summed E-state index contributed by atoms with van der Waals surface area (Å²) in [6.45, 7) is 4.97. The van der Waals surface area contributed by atoms with Gasteiger partial charge in [-0.25, -0.2) is 4.79 Å². The number of piperidine rings is 1. The van der Waals surface area contributed by atoms with Gasteiger partial charge in [0.25, 0.3) is 0 Å². The molecule has 1 aromatic rings. The average Bonchev–Trinajstić information content (AvgIpc) is 3.08. The van der Waals surface area contributed by atoms with Crippen molar-refractivity contribution in [2.24, 2.45) is 5.73 Å². The third-order valence-corrected chi connectivity index (χ3v) is 2.61. The summed E-state index contributed by atoms with van der Waals surface area (Å²) in [7, 11) is 1.57. The van der Waals surface area contributed by atoms with Crippen LogP contribution in [0.15, 0.2) is 10.9 Å². The fourth-order valence-corrected chi connectivity index (χ4v) is 1.56. The van der Waals surface area contributed by atoms with E-state index >= 15 is 0 Å². The number of primary amides is 1. The Bertz CT molecular complexity index is 407. The van der Waals surface area contributed by atoms with Crippen molar-refractivity contribution in [3.05, 3.63) is 12.2 Å². The second kappa shape index (κ2) is 15.7. The lowest BCUT2D eigenvalue weighted by atomic mass is 10.2. The number of methoxy groups -OCH3 is 1. The van der Waals surface area contributed by atoms with Crippen molar-refractivity contribution in [2.75, 3.05) is 33.4 Å². The van der Waals surface area contributed by atoms with E-state index in [4.69, 9.17) is 4.74 Å².